The highest BCUT2D eigenvalue weighted by molar-refractivity contribution is 7.89. The molecule has 0 radical (unpaired) electrons. The number of sulfonamides is 1. The molecule has 3 aromatic carbocycles. The van der Waals surface area contributed by atoms with Gasteiger partial charge in [-0.2, -0.15) is 0 Å². The summed E-state index contributed by atoms with van der Waals surface area (Å²) in [6.45, 7) is 3.34. The summed E-state index contributed by atoms with van der Waals surface area (Å²) in [4.78, 5) is -0.271. The number of primary sulfonamides is 1. The van der Waals surface area contributed by atoms with Gasteiger partial charge in [0.05, 0.1) is 12.0 Å². The molecule has 0 saturated heterocycles. The lowest BCUT2D eigenvalue weighted by molar-refractivity contribution is 0.408. The Morgan fingerprint density at radius 3 is 1.60 bits per heavy atom. The van der Waals surface area contributed by atoms with Crippen LogP contribution in [0.3, 0.4) is 0 Å². The monoisotopic (exact) mass is 439 g/mol. The van der Waals surface area contributed by atoms with E-state index in [9.17, 15) is 26.0 Å². The maximum Gasteiger partial charge on any atom is 0.238 e. The zero-order chi connectivity index (χ0) is 22.4. The van der Waals surface area contributed by atoms with E-state index in [1.54, 1.807) is 13.8 Å². The minimum Gasteiger partial charge on any atom is -0.496 e. The normalized spacial score (nSPS) is 11.6. The summed E-state index contributed by atoms with van der Waals surface area (Å²) in [5.41, 5.74) is 0.158. The second kappa shape index (κ2) is 7.73. The predicted octanol–water partition coefficient (Wildman–Crippen LogP) is 4.85. The van der Waals surface area contributed by atoms with Crippen LogP contribution in [-0.2, 0) is 10.0 Å². The smallest absolute Gasteiger partial charge is 0.238 e. The van der Waals surface area contributed by atoms with Gasteiger partial charge < -0.3 is 4.74 Å². The van der Waals surface area contributed by atoms with Crippen molar-refractivity contribution in [2.75, 3.05) is 7.11 Å². The van der Waals surface area contributed by atoms with Crippen molar-refractivity contribution in [2.24, 2.45) is 5.14 Å². The SMILES string of the molecule is COc1c(C)cc(-c2c(F)c(F)c(F)c(F)c2-c2ccc(S(N)(=O)=O)cc2)cc1C. The van der Waals surface area contributed by atoms with Crippen molar-refractivity contribution in [1.82, 2.24) is 0 Å². The van der Waals surface area contributed by atoms with Gasteiger partial charge in [-0.1, -0.05) is 12.1 Å². The number of nitrogens with two attached hydrogens (primary N) is 1. The molecule has 0 amide bonds. The molecule has 0 aliphatic carbocycles. The molecule has 0 bridgehead atoms. The van der Waals surface area contributed by atoms with E-state index in [0.29, 0.717) is 16.9 Å². The second-order valence-corrected chi connectivity index (χ2v) is 8.28. The van der Waals surface area contributed by atoms with E-state index in [0.717, 1.165) is 24.3 Å². The van der Waals surface area contributed by atoms with Gasteiger partial charge in [0.15, 0.2) is 23.3 Å². The van der Waals surface area contributed by atoms with E-state index < -0.39 is 44.4 Å². The van der Waals surface area contributed by atoms with Crippen LogP contribution in [0.25, 0.3) is 22.3 Å². The summed E-state index contributed by atoms with van der Waals surface area (Å²) < 4.78 is 86.0. The number of halogens is 4. The minimum atomic E-state index is -4.03. The van der Waals surface area contributed by atoms with Crippen molar-refractivity contribution in [3.05, 3.63) is 70.8 Å². The molecule has 0 aliphatic rings. The van der Waals surface area contributed by atoms with Crippen molar-refractivity contribution in [3.63, 3.8) is 0 Å². The fourth-order valence-electron chi connectivity index (χ4n) is 3.40. The first-order chi connectivity index (χ1) is 14.0. The summed E-state index contributed by atoms with van der Waals surface area (Å²) >= 11 is 0. The van der Waals surface area contributed by atoms with E-state index in [1.807, 2.05) is 0 Å². The lowest BCUT2D eigenvalue weighted by Gasteiger charge is -2.17. The van der Waals surface area contributed by atoms with Crippen LogP contribution in [-0.4, -0.2) is 15.5 Å². The zero-order valence-electron chi connectivity index (χ0n) is 16.2. The Morgan fingerprint density at radius 2 is 1.20 bits per heavy atom. The lowest BCUT2D eigenvalue weighted by Crippen LogP contribution is -2.11. The van der Waals surface area contributed by atoms with Crippen LogP contribution in [0, 0.1) is 37.1 Å². The number of methoxy groups -OCH3 is 1. The quantitative estimate of drug-likeness (QED) is 0.359. The van der Waals surface area contributed by atoms with Gasteiger partial charge in [-0.3, -0.25) is 0 Å². The highest BCUT2D eigenvalue weighted by Crippen LogP contribution is 2.41. The third-order valence-electron chi connectivity index (χ3n) is 4.69. The standard InChI is InChI=1S/C21H17F4NO3S/c1-10-8-13(9-11(2)21(10)29-3)16-15(17(22)19(24)20(25)18(16)23)12-4-6-14(7-5-12)30(26,27)28/h4-9H,1-3H3,(H2,26,27,28). The molecule has 4 nitrogen and oxygen atoms in total. The Kier molecular flexibility index (Phi) is 5.62. The van der Waals surface area contributed by atoms with E-state index in [-0.39, 0.29) is 16.0 Å². The summed E-state index contributed by atoms with van der Waals surface area (Å²) in [5.74, 6) is -6.56. The van der Waals surface area contributed by atoms with Gasteiger partial charge in [0, 0.05) is 11.1 Å². The first kappa shape index (κ1) is 21.8. The average molecular weight is 439 g/mol. The van der Waals surface area contributed by atoms with Crippen molar-refractivity contribution in [1.29, 1.82) is 0 Å². The Labute approximate surface area is 171 Å². The number of hydrogen-bond acceptors (Lipinski definition) is 3. The fraction of sp³-hybridized carbons (Fsp3) is 0.143. The average Bonchev–Trinajstić information content (AvgIpc) is 2.68. The van der Waals surface area contributed by atoms with Crippen molar-refractivity contribution < 1.29 is 30.7 Å². The van der Waals surface area contributed by atoms with Crippen LogP contribution >= 0.6 is 0 Å². The molecule has 0 aliphatic heterocycles. The van der Waals surface area contributed by atoms with Crippen LogP contribution < -0.4 is 9.88 Å². The van der Waals surface area contributed by atoms with Gasteiger partial charge in [-0.15, -0.1) is 0 Å². The van der Waals surface area contributed by atoms with Gasteiger partial charge in [0.2, 0.25) is 10.0 Å². The van der Waals surface area contributed by atoms with Gasteiger partial charge in [-0.05, 0) is 60.4 Å². The molecule has 2 N–H and O–H groups in total. The molecule has 0 heterocycles. The predicted molar refractivity (Wildman–Crippen MR) is 105 cm³/mol. The van der Waals surface area contributed by atoms with Crippen LogP contribution in [0.1, 0.15) is 11.1 Å². The molecule has 0 fully saturated rings. The number of hydrogen-bond donors (Lipinski definition) is 1. The van der Waals surface area contributed by atoms with E-state index in [2.05, 4.69) is 0 Å². The van der Waals surface area contributed by atoms with Gasteiger partial charge in [0.25, 0.3) is 0 Å². The Bertz CT molecular complexity index is 1230. The molecule has 3 aromatic rings. The summed E-state index contributed by atoms with van der Waals surface area (Å²) in [6, 6.07) is 7.34. The Hall–Kier alpha value is -2.91. The number of ether oxygens (including phenoxy) is 1. The molecule has 0 aromatic heterocycles. The summed E-state index contributed by atoms with van der Waals surface area (Å²) in [7, 11) is -2.58. The van der Waals surface area contributed by atoms with Crippen molar-refractivity contribution >= 4 is 10.0 Å². The molecule has 0 atom stereocenters. The van der Waals surface area contributed by atoms with Crippen LogP contribution in [0.5, 0.6) is 5.75 Å². The van der Waals surface area contributed by atoms with Gasteiger partial charge >= 0.3 is 0 Å². The number of benzene rings is 3. The fourth-order valence-corrected chi connectivity index (χ4v) is 3.92. The largest absolute Gasteiger partial charge is 0.496 e. The first-order valence-electron chi connectivity index (χ1n) is 8.62. The van der Waals surface area contributed by atoms with Gasteiger partial charge in [0.1, 0.15) is 5.75 Å². The highest BCUT2D eigenvalue weighted by atomic mass is 32.2. The molecular formula is C21H17F4NO3S. The van der Waals surface area contributed by atoms with Crippen LogP contribution in [0.4, 0.5) is 17.6 Å². The van der Waals surface area contributed by atoms with E-state index in [4.69, 9.17) is 9.88 Å². The second-order valence-electron chi connectivity index (χ2n) is 6.72. The Balaban J connectivity index is 2.37. The Morgan fingerprint density at radius 1 is 0.767 bits per heavy atom. The molecule has 3 rings (SSSR count). The molecule has 158 valence electrons. The molecule has 30 heavy (non-hydrogen) atoms. The maximum absolute atomic E-state index is 14.9. The molecular weight excluding hydrogens is 422 g/mol. The third kappa shape index (κ3) is 3.66. The van der Waals surface area contributed by atoms with Gasteiger partial charge in [-0.25, -0.2) is 31.1 Å². The summed E-state index contributed by atoms with van der Waals surface area (Å²) in [6.07, 6.45) is 0. The highest BCUT2D eigenvalue weighted by Gasteiger charge is 2.28. The topological polar surface area (TPSA) is 69.4 Å². The van der Waals surface area contributed by atoms with Crippen LogP contribution in [0.15, 0.2) is 41.3 Å². The molecule has 0 unspecified atom stereocenters. The van der Waals surface area contributed by atoms with Crippen molar-refractivity contribution in [2.45, 2.75) is 18.7 Å². The summed E-state index contributed by atoms with van der Waals surface area (Å²) in [5, 5.41) is 5.04. The molecule has 9 heteroatoms. The maximum atomic E-state index is 14.9. The number of rotatable bonds is 4. The van der Waals surface area contributed by atoms with Crippen molar-refractivity contribution in [3.8, 4) is 28.0 Å². The van der Waals surface area contributed by atoms with Crippen LogP contribution in [0.2, 0.25) is 0 Å². The number of aryl methyl sites for hydroxylation is 2. The molecule has 0 saturated carbocycles. The first-order valence-corrected chi connectivity index (χ1v) is 10.2. The zero-order valence-corrected chi connectivity index (χ0v) is 17.0. The minimum absolute atomic E-state index is 0.0566. The van der Waals surface area contributed by atoms with E-state index >= 15 is 0 Å². The molecule has 0 spiro atoms. The third-order valence-corrected chi connectivity index (χ3v) is 5.62. The van der Waals surface area contributed by atoms with E-state index in [1.165, 1.54) is 19.2 Å². The lowest BCUT2D eigenvalue weighted by atomic mass is 9.91.